The summed E-state index contributed by atoms with van der Waals surface area (Å²) in [7, 11) is 0. The fraction of sp³-hybridized carbons (Fsp3) is 0.400. The molecule has 0 nitrogen and oxygen atoms in total. The van der Waals surface area contributed by atoms with Crippen molar-refractivity contribution in [2.45, 2.75) is 103 Å². The first-order chi connectivity index (χ1) is 24.5. The predicted molar refractivity (Wildman–Crippen MR) is 217 cm³/mol. The Morgan fingerprint density at radius 3 is 1.22 bits per heavy atom. The molecule has 0 bridgehead atoms. The fourth-order valence-electron chi connectivity index (χ4n) is 8.49. The first-order valence-corrected chi connectivity index (χ1v) is 19.3. The van der Waals surface area contributed by atoms with E-state index in [9.17, 15) is 0 Å². The Labute approximate surface area is 304 Å². The molecule has 3 aromatic rings. The lowest BCUT2D eigenvalue weighted by atomic mass is 9.68. The van der Waals surface area contributed by atoms with E-state index in [2.05, 4.69) is 136 Å². The normalized spacial score (nSPS) is 24.9. The van der Waals surface area contributed by atoms with Gasteiger partial charge in [0.05, 0.1) is 0 Å². The Kier molecular flexibility index (Phi) is 14.7. The van der Waals surface area contributed by atoms with Crippen molar-refractivity contribution in [3.8, 4) is 34.8 Å². The number of aryl methyl sites for hydroxylation is 2. The minimum absolute atomic E-state index is 0.683. The van der Waals surface area contributed by atoms with Crippen LogP contribution in [0.5, 0.6) is 0 Å². The molecule has 0 radical (unpaired) electrons. The van der Waals surface area contributed by atoms with Crippen LogP contribution in [0.2, 0.25) is 0 Å². The van der Waals surface area contributed by atoms with Gasteiger partial charge in [-0.05, 0) is 173 Å². The molecule has 0 unspecified atom stereocenters. The van der Waals surface area contributed by atoms with Crippen LogP contribution in [0.4, 0.5) is 0 Å². The SMILES string of the molecule is C=CC#C/C=C/C1CCC(C2CCC(c3ccc(C)cc3)CC2)CC1.C=CC#C/C=C/C1CCC(c2ccc(-c3ccc(C)cc3)cc2)CC1. The summed E-state index contributed by atoms with van der Waals surface area (Å²) in [5.74, 6) is 16.7. The molecule has 0 aliphatic heterocycles. The second-order valence-electron chi connectivity index (χ2n) is 15.0. The lowest BCUT2D eigenvalue weighted by Crippen LogP contribution is -2.25. The van der Waals surface area contributed by atoms with Gasteiger partial charge in [0, 0.05) is 0 Å². The third-order valence-electron chi connectivity index (χ3n) is 11.6. The zero-order valence-electron chi connectivity index (χ0n) is 30.8. The topological polar surface area (TPSA) is 0 Å². The Morgan fingerprint density at radius 1 is 0.440 bits per heavy atom. The number of hydrogen-bond acceptors (Lipinski definition) is 0. The van der Waals surface area contributed by atoms with Crippen molar-refractivity contribution in [2.75, 3.05) is 0 Å². The number of allylic oxidation sites excluding steroid dienone is 6. The standard InChI is InChI=1S/C25H32.C25H26/c2*1-3-4-5-6-7-21-10-14-23(15-11-21)25-18-16-24(17-19-25)22-12-8-20(2)9-13-22/h3,6-9,12-13,21,23-25H,1,10-11,14-19H2,2H3;3,6-9,12-13,16-19,21,23H,1,10-11,14-15H2,2H3/b2*7-6+. The van der Waals surface area contributed by atoms with Crippen molar-refractivity contribution in [2.24, 2.45) is 23.7 Å². The van der Waals surface area contributed by atoms with Gasteiger partial charge in [0.1, 0.15) is 0 Å². The zero-order valence-corrected chi connectivity index (χ0v) is 30.8. The van der Waals surface area contributed by atoms with Crippen molar-refractivity contribution in [3.63, 3.8) is 0 Å². The van der Waals surface area contributed by atoms with Crippen LogP contribution < -0.4 is 0 Å². The predicted octanol–water partition coefficient (Wildman–Crippen LogP) is 13.5. The Balaban J connectivity index is 0.000000194. The molecule has 50 heavy (non-hydrogen) atoms. The van der Waals surface area contributed by atoms with Gasteiger partial charge in [0.25, 0.3) is 0 Å². The molecule has 0 amide bonds. The van der Waals surface area contributed by atoms with Crippen LogP contribution in [0.1, 0.15) is 111 Å². The third-order valence-corrected chi connectivity index (χ3v) is 11.6. The first kappa shape index (κ1) is 37.0. The molecule has 0 N–H and O–H groups in total. The van der Waals surface area contributed by atoms with E-state index in [1.54, 1.807) is 17.7 Å². The first-order valence-electron chi connectivity index (χ1n) is 19.3. The van der Waals surface area contributed by atoms with Crippen LogP contribution in [0.15, 0.2) is 122 Å². The summed E-state index contributed by atoms with van der Waals surface area (Å²) in [5, 5.41) is 0. The molecule has 0 atom stereocenters. The summed E-state index contributed by atoms with van der Waals surface area (Å²) in [5.41, 5.74) is 8.34. The largest absolute Gasteiger partial charge is 0.0906 e. The van der Waals surface area contributed by atoms with Gasteiger partial charge >= 0.3 is 0 Å². The van der Waals surface area contributed by atoms with Crippen LogP contribution in [0.25, 0.3) is 11.1 Å². The molecular formula is C50H58. The van der Waals surface area contributed by atoms with E-state index in [0.717, 1.165) is 23.7 Å². The van der Waals surface area contributed by atoms with Gasteiger partial charge in [-0.2, -0.15) is 0 Å². The molecule has 258 valence electrons. The average Bonchev–Trinajstić information content (AvgIpc) is 3.17. The molecule has 0 heteroatoms. The lowest BCUT2D eigenvalue weighted by molar-refractivity contribution is 0.171. The Bertz CT molecular complexity index is 1650. The number of hydrogen-bond donors (Lipinski definition) is 0. The molecule has 3 aromatic carbocycles. The Morgan fingerprint density at radius 2 is 0.780 bits per heavy atom. The number of benzene rings is 3. The van der Waals surface area contributed by atoms with Crippen molar-refractivity contribution in [1.82, 2.24) is 0 Å². The van der Waals surface area contributed by atoms with E-state index in [1.807, 2.05) is 12.2 Å². The van der Waals surface area contributed by atoms with Crippen LogP contribution in [-0.4, -0.2) is 0 Å². The molecule has 0 aromatic heterocycles. The van der Waals surface area contributed by atoms with E-state index in [1.165, 1.54) is 105 Å². The molecule has 3 aliphatic carbocycles. The highest BCUT2D eigenvalue weighted by molar-refractivity contribution is 5.64. The van der Waals surface area contributed by atoms with E-state index >= 15 is 0 Å². The molecule has 6 rings (SSSR count). The smallest absolute Gasteiger partial charge is 0.0153 e. The van der Waals surface area contributed by atoms with Crippen LogP contribution in [-0.2, 0) is 0 Å². The minimum Gasteiger partial charge on any atom is -0.0906 e. The van der Waals surface area contributed by atoms with Crippen LogP contribution in [0.3, 0.4) is 0 Å². The van der Waals surface area contributed by atoms with Gasteiger partial charge < -0.3 is 0 Å². The quantitative estimate of drug-likeness (QED) is 0.231. The van der Waals surface area contributed by atoms with Gasteiger partial charge in [0.15, 0.2) is 0 Å². The zero-order chi connectivity index (χ0) is 35.0. The van der Waals surface area contributed by atoms with Gasteiger partial charge in [-0.1, -0.05) is 133 Å². The summed E-state index contributed by atoms with van der Waals surface area (Å²) in [6.45, 7) is 11.5. The van der Waals surface area contributed by atoms with Gasteiger partial charge in [-0.15, -0.1) is 0 Å². The second-order valence-corrected chi connectivity index (χ2v) is 15.0. The number of rotatable bonds is 6. The monoisotopic (exact) mass is 658 g/mol. The summed E-state index contributed by atoms with van der Waals surface area (Å²) < 4.78 is 0. The highest BCUT2D eigenvalue weighted by Gasteiger charge is 2.30. The molecule has 3 saturated carbocycles. The van der Waals surface area contributed by atoms with Crippen LogP contribution >= 0.6 is 0 Å². The average molecular weight is 659 g/mol. The van der Waals surface area contributed by atoms with Gasteiger partial charge in [-0.25, -0.2) is 0 Å². The summed E-state index contributed by atoms with van der Waals surface area (Å²) in [6, 6.07) is 27.2. The molecule has 0 saturated heterocycles. The van der Waals surface area contributed by atoms with E-state index in [-0.39, 0.29) is 0 Å². The van der Waals surface area contributed by atoms with E-state index in [0.29, 0.717) is 11.8 Å². The molecule has 0 spiro atoms. The van der Waals surface area contributed by atoms with Crippen molar-refractivity contribution in [3.05, 3.63) is 145 Å². The molecule has 3 aliphatic rings. The highest BCUT2D eigenvalue weighted by Crippen LogP contribution is 2.44. The highest BCUT2D eigenvalue weighted by atomic mass is 14.4. The maximum absolute atomic E-state index is 3.63. The third kappa shape index (κ3) is 11.4. The molecule has 3 fully saturated rings. The minimum atomic E-state index is 0.683. The van der Waals surface area contributed by atoms with Gasteiger partial charge in [-0.3, -0.25) is 0 Å². The van der Waals surface area contributed by atoms with Crippen LogP contribution in [0, 0.1) is 61.2 Å². The maximum Gasteiger partial charge on any atom is -0.0153 e. The lowest BCUT2D eigenvalue weighted by Gasteiger charge is -2.37. The Hall–Kier alpha value is -4.26. The second kappa shape index (κ2) is 19.8. The van der Waals surface area contributed by atoms with E-state index < -0.39 is 0 Å². The fourth-order valence-corrected chi connectivity index (χ4v) is 8.49. The van der Waals surface area contributed by atoms with Crippen molar-refractivity contribution >= 4 is 0 Å². The van der Waals surface area contributed by atoms with Crippen molar-refractivity contribution < 1.29 is 0 Å². The maximum atomic E-state index is 3.63. The molecular weight excluding hydrogens is 601 g/mol. The summed E-state index contributed by atoms with van der Waals surface area (Å²) in [4.78, 5) is 0. The van der Waals surface area contributed by atoms with E-state index in [4.69, 9.17) is 0 Å². The molecule has 0 heterocycles. The van der Waals surface area contributed by atoms with Crippen molar-refractivity contribution in [1.29, 1.82) is 0 Å². The summed E-state index contributed by atoms with van der Waals surface area (Å²) in [6.07, 6.45) is 28.2. The summed E-state index contributed by atoms with van der Waals surface area (Å²) >= 11 is 0. The van der Waals surface area contributed by atoms with Gasteiger partial charge in [0.2, 0.25) is 0 Å².